The molecular formula is C7H19BrGe2. The summed E-state index contributed by atoms with van der Waals surface area (Å²) in [6, 6.07) is 0. The van der Waals surface area contributed by atoms with Gasteiger partial charge in [0.05, 0.1) is 0 Å². The fourth-order valence-corrected chi connectivity index (χ4v) is 35.1. The van der Waals surface area contributed by atoms with E-state index in [0.717, 1.165) is 2.49 Å². The Morgan fingerprint density at radius 2 is 1.00 bits per heavy atom. The third-order valence-corrected chi connectivity index (χ3v) is 41.1. The number of hydrogen-bond donors (Lipinski definition) is 0. The molecule has 0 rings (SSSR count). The Bertz CT molecular complexity index is 95.8. The van der Waals surface area contributed by atoms with Crippen LogP contribution in [0, 0.1) is 0 Å². The zero-order chi connectivity index (χ0) is 8.58. The molecular weight excluding hydrogens is 309 g/mol. The standard InChI is InChI=1S/C7H19BrGe2/c1-9(2,3)7(8)10(4,5)6/h7H,1-6H3. The molecule has 0 bridgehead atoms. The molecule has 62 valence electrons. The first-order chi connectivity index (χ1) is 4.15. The summed E-state index contributed by atoms with van der Waals surface area (Å²) in [6.07, 6.45) is 0. The minimum absolute atomic E-state index is 0.951. The van der Waals surface area contributed by atoms with Gasteiger partial charge in [0.15, 0.2) is 0 Å². The Hall–Kier alpha value is 1.57. The van der Waals surface area contributed by atoms with Gasteiger partial charge in [-0.25, -0.2) is 0 Å². The minimum atomic E-state index is -1.36. The van der Waals surface area contributed by atoms with Crippen molar-refractivity contribution in [2.75, 3.05) is 0 Å². The van der Waals surface area contributed by atoms with Gasteiger partial charge in [0.25, 0.3) is 0 Å². The first kappa shape index (κ1) is 11.6. The second-order valence-electron chi connectivity index (χ2n) is 5.09. The topological polar surface area (TPSA) is 0 Å². The van der Waals surface area contributed by atoms with E-state index in [9.17, 15) is 0 Å². The second kappa shape index (κ2) is 3.52. The quantitative estimate of drug-likeness (QED) is 0.538. The Morgan fingerprint density at radius 1 is 0.800 bits per heavy atom. The summed E-state index contributed by atoms with van der Waals surface area (Å²) in [5.41, 5.74) is 0. The van der Waals surface area contributed by atoms with Gasteiger partial charge in [0.1, 0.15) is 0 Å². The van der Waals surface area contributed by atoms with Gasteiger partial charge in [-0.15, -0.1) is 0 Å². The van der Waals surface area contributed by atoms with Gasteiger partial charge in [0.2, 0.25) is 0 Å². The van der Waals surface area contributed by atoms with E-state index in [2.05, 4.69) is 50.5 Å². The molecule has 0 atom stereocenters. The van der Waals surface area contributed by atoms with Crippen molar-refractivity contribution in [2.24, 2.45) is 0 Å². The van der Waals surface area contributed by atoms with Crippen LogP contribution in [0.2, 0.25) is 34.5 Å². The Morgan fingerprint density at radius 3 is 1.00 bits per heavy atom. The molecule has 0 aliphatic rings. The van der Waals surface area contributed by atoms with Gasteiger partial charge in [0, 0.05) is 0 Å². The first-order valence-electron chi connectivity index (χ1n) is 3.80. The summed E-state index contributed by atoms with van der Waals surface area (Å²) in [4.78, 5) is 0. The van der Waals surface area contributed by atoms with E-state index < -0.39 is 26.5 Å². The molecule has 10 heavy (non-hydrogen) atoms. The molecule has 0 aliphatic heterocycles. The molecule has 0 nitrogen and oxygen atoms in total. The predicted octanol–water partition coefficient (Wildman–Crippen LogP) is 3.50. The van der Waals surface area contributed by atoms with E-state index in [4.69, 9.17) is 0 Å². The van der Waals surface area contributed by atoms with Crippen LogP contribution in [-0.2, 0) is 0 Å². The average Bonchev–Trinajstić information content (AvgIpc) is 1.59. The van der Waals surface area contributed by atoms with E-state index >= 15 is 0 Å². The molecule has 3 heteroatoms. The van der Waals surface area contributed by atoms with Gasteiger partial charge in [-0.2, -0.15) is 0 Å². The fraction of sp³-hybridized carbons (Fsp3) is 1.00. The number of halogens is 1. The zero-order valence-electron chi connectivity index (χ0n) is 7.96. The molecule has 0 spiro atoms. The van der Waals surface area contributed by atoms with Crippen LogP contribution in [0.1, 0.15) is 0 Å². The van der Waals surface area contributed by atoms with Crippen molar-refractivity contribution in [3.8, 4) is 0 Å². The van der Waals surface area contributed by atoms with Gasteiger partial charge < -0.3 is 0 Å². The molecule has 0 saturated carbocycles. The van der Waals surface area contributed by atoms with Crippen LogP contribution in [-0.4, -0.2) is 29.0 Å². The second-order valence-corrected chi connectivity index (χ2v) is 34.4. The Kier molecular flexibility index (Phi) is 4.07. The van der Waals surface area contributed by atoms with Gasteiger partial charge >= 0.3 is 79.5 Å². The summed E-state index contributed by atoms with van der Waals surface area (Å²) >= 11 is 1.16. The number of hydrogen-bond acceptors (Lipinski definition) is 0. The van der Waals surface area contributed by atoms with E-state index in [-0.39, 0.29) is 0 Å². The summed E-state index contributed by atoms with van der Waals surface area (Å²) in [5, 5.41) is 0. The van der Waals surface area contributed by atoms with Crippen molar-refractivity contribution in [2.45, 2.75) is 37.0 Å². The molecule has 0 heterocycles. The van der Waals surface area contributed by atoms with Crippen molar-refractivity contribution >= 4 is 42.5 Å². The summed E-state index contributed by atoms with van der Waals surface area (Å²) < 4.78 is 0.951. The fourth-order valence-electron chi connectivity index (χ4n) is 1.30. The Balaban J connectivity index is 4.23. The Labute approximate surface area is 79.0 Å². The van der Waals surface area contributed by atoms with Crippen molar-refractivity contribution < 1.29 is 0 Å². The van der Waals surface area contributed by atoms with Crippen LogP contribution >= 0.6 is 15.9 Å². The predicted molar refractivity (Wildman–Crippen MR) is 59.4 cm³/mol. The zero-order valence-corrected chi connectivity index (χ0v) is 13.7. The first-order valence-corrected chi connectivity index (χ1v) is 19.7. The third-order valence-electron chi connectivity index (χ3n) is 1.52. The van der Waals surface area contributed by atoms with Crippen molar-refractivity contribution in [1.29, 1.82) is 0 Å². The van der Waals surface area contributed by atoms with Gasteiger partial charge in [-0.3, -0.25) is 0 Å². The molecule has 0 aromatic rings. The normalized spacial score (nSPS) is 14.4. The van der Waals surface area contributed by atoms with E-state index in [1.165, 1.54) is 0 Å². The molecule has 0 amide bonds. The molecule has 0 N–H and O–H groups in total. The molecule has 0 saturated heterocycles. The molecule has 0 aliphatic carbocycles. The van der Waals surface area contributed by atoms with Crippen LogP contribution < -0.4 is 0 Å². The van der Waals surface area contributed by atoms with Gasteiger partial charge in [-0.05, 0) is 0 Å². The molecule has 0 unspecified atom stereocenters. The van der Waals surface area contributed by atoms with Crippen LogP contribution in [0.15, 0.2) is 0 Å². The van der Waals surface area contributed by atoms with Crippen LogP contribution in [0.5, 0.6) is 0 Å². The third kappa shape index (κ3) is 3.81. The van der Waals surface area contributed by atoms with Crippen molar-refractivity contribution in [3.05, 3.63) is 0 Å². The van der Waals surface area contributed by atoms with E-state index in [0.29, 0.717) is 0 Å². The summed E-state index contributed by atoms with van der Waals surface area (Å²) in [7, 11) is 0. The molecule has 0 fully saturated rings. The van der Waals surface area contributed by atoms with Crippen molar-refractivity contribution in [3.63, 3.8) is 0 Å². The van der Waals surface area contributed by atoms with Crippen molar-refractivity contribution in [1.82, 2.24) is 0 Å². The number of rotatable bonds is 2. The maximum atomic E-state index is 3.89. The molecule has 0 aromatic heterocycles. The molecule has 0 radical (unpaired) electrons. The van der Waals surface area contributed by atoms with E-state index in [1.54, 1.807) is 0 Å². The SMILES string of the molecule is [CH3][Ge]([CH3])([CH3])[CH](Br)[Ge]([CH3])([CH3])[CH3]. The van der Waals surface area contributed by atoms with Gasteiger partial charge in [-0.1, -0.05) is 0 Å². The number of alkyl halides is 1. The van der Waals surface area contributed by atoms with Crippen LogP contribution in [0.3, 0.4) is 0 Å². The van der Waals surface area contributed by atoms with Crippen LogP contribution in [0.4, 0.5) is 0 Å². The van der Waals surface area contributed by atoms with Crippen LogP contribution in [0.25, 0.3) is 0 Å². The molecule has 0 aromatic carbocycles. The monoisotopic (exact) mass is 330 g/mol. The summed E-state index contributed by atoms with van der Waals surface area (Å²) in [5.74, 6) is 15.0. The maximum absolute atomic E-state index is 3.89. The summed E-state index contributed by atoms with van der Waals surface area (Å²) in [6.45, 7) is 0. The van der Waals surface area contributed by atoms with E-state index in [1.807, 2.05) is 0 Å². The average molecular weight is 328 g/mol.